The van der Waals surface area contributed by atoms with Gasteiger partial charge in [0.05, 0.1) is 7.11 Å². The number of likely N-dealkylation sites (tertiary alicyclic amines) is 1. The minimum atomic E-state index is -0.640. The number of piperidine rings is 1. The molecule has 1 aliphatic heterocycles. The van der Waals surface area contributed by atoms with E-state index >= 15 is 0 Å². The first-order chi connectivity index (χ1) is 12.8. The molecule has 2 atom stereocenters. The summed E-state index contributed by atoms with van der Waals surface area (Å²) in [5.41, 5.74) is 0.483. The summed E-state index contributed by atoms with van der Waals surface area (Å²) in [5.74, 6) is -0.254. The van der Waals surface area contributed by atoms with Crippen LogP contribution in [0.15, 0.2) is 18.2 Å². The van der Waals surface area contributed by atoms with Crippen molar-refractivity contribution in [3.63, 3.8) is 0 Å². The van der Waals surface area contributed by atoms with Crippen LogP contribution < -0.4 is 9.47 Å². The van der Waals surface area contributed by atoms with Crippen molar-refractivity contribution in [3.05, 3.63) is 23.8 Å². The number of nitrogens with zero attached hydrogens (tertiary/aromatic N) is 1. The number of benzene rings is 1. The summed E-state index contributed by atoms with van der Waals surface area (Å²) in [7, 11) is 1.45. The van der Waals surface area contributed by atoms with Crippen LogP contribution in [0.2, 0.25) is 0 Å². The molecule has 7 nitrogen and oxygen atoms in total. The largest absolute Gasteiger partial charge is 0.493 e. The first-order valence-electron chi connectivity index (χ1n) is 9.12. The maximum Gasteiger partial charge on any atom is 0.344 e. The van der Waals surface area contributed by atoms with E-state index in [-0.39, 0.29) is 37.0 Å². The van der Waals surface area contributed by atoms with Crippen LogP contribution in [0.3, 0.4) is 0 Å². The zero-order chi connectivity index (χ0) is 20.0. The van der Waals surface area contributed by atoms with Crippen LogP contribution in [0, 0.1) is 0 Å². The lowest BCUT2D eigenvalue weighted by molar-refractivity contribution is -0.156. The third-order valence-electron chi connectivity index (χ3n) is 4.75. The van der Waals surface area contributed by atoms with E-state index < -0.39 is 5.97 Å². The molecule has 0 unspecified atom stereocenters. The highest BCUT2D eigenvalue weighted by molar-refractivity contribution is 5.94. The minimum absolute atomic E-state index is 0.0982. The number of ether oxygens (including phenoxy) is 3. The molecule has 1 saturated heterocycles. The Kier molecular flexibility index (Phi) is 7.21. The van der Waals surface area contributed by atoms with Crippen molar-refractivity contribution in [3.8, 4) is 11.5 Å². The Hall–Kier alpha value is -2.57. The van der Waals surface area contributed by atoms with Crippen LogP contribution >= 0.6 is 0 Å². The Balaban J connectivity index is 1.86. The SMILES string of the molecule is COc1cc(C(C)=O)ccc1OCC(=O)OCC(=O)N1[C@H](C)CCC[C@H]1C. The molecule has 1 amide bonds. The molecule has 0 aliphatic carbocycles. The van der Waals surface area contributed by atoms with Crippen LogP contribution in [-0.4, -0.2) is 55.0 Å². The number of rotatable bonds is 7. The first kappa shape index (κ1) is 20.7. The van der Waals surface area contributed by atoms with Gasteiger partial charge in [-0.1, -0.05) is 0 Å². The van der Waals surface area contributed by atoms with Gasteiger partial charge < -0.3 is 19.1 Å². The summed E-state index contributed by atoms with van der Waals surface area (Å²) >= 11 is 0. The molecule has 0 N–H and O–H groups in total. The van der Waals surface area contributed by atoms with Gasteiger partial charge in [0.25, 0.3) is 5.91 Å². The van der Waals surface area contributed by atoms with E-state index in [9.17, 15) is 14.4 Å². The Morgan fingerprint density at radius 2 is 1.74 bits per heavy atom. The van der Waals surface area contributed by atoms with Gasteiger partial charge in [-0.05, 0) is 58.2 Å². The highest BCUT2D eigenvalue weighted by atomic mass is 16.6. The van der Waals surface area contributed by atoms with Gasteiger partial charge in [-0.25, -0.2) is 4.79 Å². The standard InChI is InChI=1S/C20H27NO6/c1-13-6-5-7-14(2)21(13)19(23)11-27-20(24)12-26-17-9-8-16(15(3)22)10-18(17)25-4/h8-10,13-14H,5-7,11-12H2,1-4H3/t13-,14-/m1/s1. The van der Waals surface area contributed by atoms with Crippen LogP contribution in [0.4, 0.5) is 0 Å². The molecule has 0 saturated carbocycles. The fraction of sp³-hybridized carbons (Fsp3) is 0.550. The average Bonchev–Trinajstić information content (AvgIpc) is 2.64. The molecule has 0 spiro atoms. The van der Waals surface area contributed by atoms with Gasteiger partial charge in [-0.2, -0.15) is 0 Å². The van der Waals surface area contributed by atoms with Gasteiger partial charge in [-0.3, -0.25) is 9.59 Å². The predicted octanol–water partition coefficient (Wildman–Crippen LogP) is 2.61. The van der Waals surface area contributed by atoms with Crippen molar-refractivity contribution in [2.75, 3.05) is 20.3 Å². The van der Waals surface area contributed by atoms with Gasteiger partial charge in [0.2, 0.25) is 0 Å². The summed E-state index contributed by atoms with van der Waals surface area (Å²) in [6, 6.07) is 5.01. The second kappa shape index (κ2) is 9.39. The first-order valence-corrected chi connectivity index (χ1v) is 9.12. The van der Waals surface area contributed by atoms with Crippen molar-refractivity contribution in [2.45, 2.75) is 52.1 Å². The van der Waals surface area contributed by atoms with Crippen molar-refractivity contribution in [1.82, 2.24) is 4.90 Å². The third kappa shape index (κ3) is 5.45. The van der Waals surface area contributed by atoms with Gasteiger partial charge in [0.15, 0.2) is 30.5 Å². The van der Waals surface area contributed by atoms with Crippen LogP contribution in [0.1, 0.15) is 50.4 Å². The van der Waals surface area contributed by atoms with E-state index in [4.69, 9.17) is 14.2 Å². The van der Waals surface area contributed by atoms with E-state index in [0.717, 1.165) is 19.3 Å². The molecule has 7 heteroatoms. The number of ketones is 1. The zero-order valence-corrected chi connectivity index (χ0v) is 16.3. The third-order valence-corrected chi connectivity index (χ3v) is 4.75. The van der Waals surface area contributed by atoms with Gasteiger partial charge in [-0.15, -0.1) is 0 Å². The molecule has 0 aromatic heterocycles. The van der Waals surface area contributed by atoms with Gasteiger partial charge >= 0.3 is 5.97 Å². The Labute approximate surface area is 159 Å². The van der Waals surface area contributed by atoms with E-state index in [1.165, 1.54) is 14.0 Å². The normalized spacial score (nSPS) is 19.3. The average molecular weight is 377 g/mol. The predicted molar refractivity (Wildman–Crippen MR) is 99.1 cm³/mol. The van der Waals surface area contributed by atoms with Gasteiger partial charge in [0, 0.05) is 17.6 Å². The number of hydrogen-bond donors (Lipinski definition) is 0. The molecule has 1 aliphatic rings. The van der Waals surface area contributed by atoms with Crippen molar-refractivity contribution >= 4 is 17.7 Å². The number of carbonyl (C=O) groups excluding carboxylic acids is 3. The Bertz CT molecular complexity index is 692. The smallest absolute Gasteiger partial charge is 0.344 e. The monoisotopic (exact) mass is 377 g/mol. The highest BCUT2D eigenvalue weighted by Crippen LogP contribution is 2.28. The molecule has 1 heterocycles. The maximum absolute atomic E-state index is 12.4. The van der Waals surface area contributed by atoms with Crippen LogP contribution in [0.5, 0.6) is 11.5 Å². The number of amides is 1. The van der Waals surface area contributed by atoms with E-state index in [1.807, 2.05) is 13.8 Å². The molecule has 2 rings (SSSR count). The second-order valence-corrected chi connectivity index (χ2v) is 6.80. The molecular weight excluding hydrogens is 350 g/mol. The molecule has 1 aromatic carbocycles. The van der Waals surface area contributed by atoms with E-state index in [2.05, 4.69) is 0 Å². The van der Waals surface area contributed by atoms with Crippen LogP contribution in [0.25, 0.3) is 0 Å². The lowest BCUT2D eigenvalue weighted by Crippen LogP contribution is -2.49. The highest BCUT2D eigenvalue weighted by Gasteiger charge is 2.29. The fourth-order valence-corrected chi connectivity index (χ4v) is 3.31. The number of Topliss-reactive ketones (excluding diaryl/α,β-unsaturated/α-hetero) is 1. The number of methoxy groups -OCH3 is 1. The number of esters is 1. The molecule has 1 fully saturated rings. The van der Waals surface area contributed by atoms with Gasteiger partial charge in [0.1, 0.15) is 0 Å². The topological polar surface area (TPSA) is 82.1 Å². The molecule has 1 aromatic rings. The van der Waals surface area contributed by atoms with Crippen LogP contribution in [-0.2, 0) is 14.3 Å². The summed E-state index contributed by atoms with van der Waals surface area (Å²) < 4.78 is 15.6. The quantitative estimate of drug-likeness (QED) is 0.537. The molecule has 0 bridgehead atoms. The number of carbonyl (C=O) groups is 3. The van der Waals surface area contributed by atoms with Crippen molar-refractivity contribution < 1.29 is 28.6 Å². The van der Waals surface area contributed by atoms with E-state index in [1.54, 1.807) is 23.1 Å². The summed E-state index contributed by atoms with van der Waals surface area (Å²) in [6.07, 6.45) is 3.02. The summed E-state index contributed by atoms with van der Waals surface area (Å²) in [5, 5.41) is 0. The van der Waals surface area contributed by atoms with Crippen molar-refractivity contribution in [1.29, 1.82) is 0 Å². The zero-order valence-electron chi connectivity index (χ0n) is 16.3. The lowest BCUT2D eigenvalue weighted by Gasteiger charge is -2.38. The second-order valence-electron chi connectivity index (χ2n) is 6.80. The maximum atomic E-state index is 12.4. The molecule has 148 valence electrons. The molecular formula is C20H27NO6. The van der Waals surface area contributed by atoms with E-state index in [0.29, 0.717) is 17.1 Å². The molecule has 27 heavy (non-hydrogen) atoms. The minimum Gasteiger partial charge on any atom is -0.493 e. The van der Waals surface area contributed by atoms with Crippen molar-refractivity contribution in [2.24, 2.45) is 0 Å². The fourth-order valence-electron chi connectivity index (χ4n) is 3.31. The summed E-state index contributed by atoms with van der Waals surface area (Å²) in [6.45, 7) is 4.82. The Morgan fingerprint density at radius 1 is 1.07 bits per heavy atom. The number of hydrogen-bond acceptors (Lipinski definition) is 6. The lowest BCUT2D eigenvalue weighted by atomic mass is 9.97. The summed E-state index contributed by atoms with van der Waals surface area (Å²) in [4.78, 5) is 37.5. The molecule has 0 radical (unpaired) electrons. The Morgan fingerprint density at radius 3 is 2.33 bits per heavy atom.